The molecule has 110 valence electrons. The molecule has 3 heteroatoms. The van der Waals surface area contributed by atoms with Crippen molar-refractivity contribution in [1.82, 2.24) is 0 Å². The Kier molecular flexibility index (Phi) is 3.09. The van der Waals surface area contributed by atoms with Gasteiger partial charge >= 0.3 is 0 Å². The molecular weight excluding hydrogens is 262 g/mol. The minimum Gasteiger partial charge on any atom is -0.388 e. The van der Waals surface area contributed by atoms with Gasteiger partial charge in [0.2, 0.25) is 0 Å². The molecule has 3 atom stereocenters. The Morgan fingerprint density at radius 3 is 2.90 bits per heavy atom. The first-order chi connectivity index (χ1) is 10.3. The van der Waals surface area contributed by atoms with Crippen molar-refractivity contribution >= 4 is 11.5 Å². The number of Topliss-reactive ketones (excluding diaryl/α,β-unsaturated/α-hetero) is 1. The van der Waals surface area contributed by atoms with Crippen LogP contribution in [0.15, 0.2) is 35.5 Å². The summed E-state index contributed by atoms with van der Waals surface area (Å²) in [6, 6.07) is 10.6. The van der Waals surface area contributed by atoms with Gasteiger partial charge in [0, 0.05) is 31.1 Å². The van der Waals surface area contributed by atoms with E-state index in [1.165, 1.54) is 12.0 Å². The summed E-state index contributed by atoms with van der Waals surface area (Å²) in [5.41, 5.74) is 2.37. The number of hydrogen-bond acceptors (Lipinski definition) is 3. The van der Waals surface area contributed by atoms with Crippen LogP contribution in [0, 0.1) is 5.92 Å². The van der Waals surface area contributed by atoms with Crippen molar-refractivity contribution in [2.75, 3.05) is 0 Å². The molecule has 4 rings (SSSR count). The molecule has 0 saturated heterocycles. The molecule has 0 bridgehead atoms. The van der Waals surface area contributed by atoms with Crippen molar-refractivity contribution in [3.63, 3.8) is 0 Å². The van der Waals surface area contributed by atoms with Gasteiger partial charge in [-0.2, -0.15) is 0 Å². The molecule has 1 aromatic rings. The van der Waals surface area contributed by atoms with Gasteiger partial charge in [0.1, 0.15) is 5.78 Å². The lowest BCUT2D eigenvalue weighted by Gasteiger charge is -2.19. The third kappa shape index (κ3) is 2.39. The van der Waals surface area contributed by atoms with Gasteiger partial charge in [-0.25, -0.2) is 0 Å². The van der Waals surface area contributed by atoms with E-state index in [9.17, 15) is 4.79 Å². The largest absolute Gasteiger partial charge is 0.388 e. The Morgan fingerprint density at radius 1 is 1.24 bits per heavy atom. The highest BCUT2D eigenvalue weighted by Gasteiger charge is 2.61. The standard InChI is InChI=1S/C18H21NO2/c20-17-9-5-4-8-14(17)10-15-11-18(21-19-15)12-16(18)13-6-2-1-3-7-13/h1-3,6-7,14,16H,4-5,8-12H2/t14?,16?,18-/m1/s1. The summed E-state index contributed by atoms with van der Waals surface area (Å²) in [7, 11) is 0. The van der Waals surface area contributed by atoms with Crippen LogP contribution < -0.4 is 0 Å². The molecule has 0 aromatic heterocycles. The van der Waals surface area contributed by atoms with Crippen molar-refractivity contribution in [2.45, 2.75) is 56.5 Å². The van der Waals surface area contributed by atoms with E-state index >= 15 is 0 Å². The summed E-state index contributed by atoms with van der Waals surface area (Å²) in [4.78, 5) is 17.7. The Morgan fingerprint density at radius 2 is 2.10 bits per heavy atom. The first-order valence-corrected chi connectivity index (χ1v) is 8.08. The lowest BCUT2D eigenvalue weighted by Crippen LogP contribution is -2.22. The van der Waals surface area contributed by atoms with E-state index in [1.807, 2.05) is 6.07 Å². The summed E-state index contributed by atoms with van der Waals surface area (Å²) < 4.78 is 0. The Hall–Kier alpha value is -1.64. The van der Waals surface area contributed by atoms with Crippen LogP contribution in [-0.2, 0) is 9.63 Å². The first kappa shape index (κ1) is 13.1. The number of carbonyl (C=O) groups is 1. The van der Waals surface area contributed by atoms with Crippen LogP contribution in [0.4, 0.5) is 0 Å². The van der Waals surface area contributed by atoms with Gasteiger partial charge < -0.3 is 4.84 Å². The Balaban J connectivity index is 1.38. The topological polar surface area (TPSA) is 38.7 Å². The number of nitrogens with zero attached hydrogens (tertiary/aromatic N) is 1. The zero-order valence-electron chi connectivity index (χ0n) is 12.3. The normalized spacial score (nSPS) is 34.7. The monoisotopic (exact) mass is 283 g/mol. The molecule has 0 radical (unpaired) electrons. The third-order valence-corrected chi connectivity index (χ3v) is 5.25. The van der Waals surface area contributed by atoms with E-state index < -0.39 is 0 Å². The van der Waals surface area contributed by atoms with Gasteiger partial charge in [0.25, 0.3) is 0 Å². The molecule has 0 N–H and O–H groups in total. The number of benzene rings is 1. The molecule has 2 aliphatic carbocycles. The fourth-order valence-electron chi connectivity index (χ4n) is 3.92. The summed E-state index contributed by atoms with van der Waals surface area (Å²) in [5.74, 6) is 1.10. The highest BCUT2D eigenvalue weighted by Crippen LogP contribution is 2.59. The number of ketones is 1. The maximum atomic E-state index is 11.9. The van der Waals surface area contributed by atoms with E-state index in [0.717, 1.165) is 44.2 Å². The van der Waals surface area contributed by atoms with Crippen LogP contribution >= 0.6 is 0 Å². The second-order valence-electron chi connectivity index (χ2n) is 6.77. The van der Waals surface area contributed by atoms with Crippen LogP contribution in [-0.4, -0.2) is 17.1 Å². The van der Waals surface area contributed by atoms with E-state index in [2.05, 4.69) is 29.4 Å². The van der Waals surface area contributed by atoms with Gasteiger partial charge in [-0.05, 0) is 24.8 Å². The van der Waals surface area contributed by atoms with Gasteiger partial charge in [0.05, 0.1) is 5.71 Å². The molecule has 3 aliphatic rings. The van der Waals surface area contributed by atoms with E-state index in [4.69, 9.17) is 4.84 Å². The maximum absolute atomic E-state index is 11.9. The van der Waals surface area contributed by atoms with Crippen molar-refractivity contribution in [2.24, 2.45) is 11.1 Å². The third-order valence-electron chi connectivity index (χ3n) is 5.25. The number of hydrogen-bond donors (Lipinski definition) is 0. The molecule has 21 heavy (non-hydrogen) atoms. The molecule has 1 heterocycles. The van der Waals surface area contributed by atoms with Crippen LogP contribution in [0.5, 0.6) is 0 Å². The second kappa shape index (κ2) is 4.97. The van der Waals surface area contributed by atoms with Crippen molar-refractivity contribution in [1.29, 1.82) is 0 Å². The van der Waals surface area contributed by atoms with Crippen molar-refractivity contribution < 1.29 is 9.63 Å². The zero-order chi connectivity index (χ0) is 14.3. The fraction of sp³-hybridized carbons (Fsp3) is 0.556. The molecular formula is C18H21NO2. The highest BCUT2D eigenvalue weighted by atomic mass is 16.7. The van der Waals surface area contributed by atoms with Gasteiger partial charge in [-0.1, -0.05) is 41.9 Å². The van der Waals surface area contributed by atoms with Crippen LogP contribution in [0.2, 0.25) is 0 Å². The molecule has 2 fully saturated rings. The van der Waals surface area contributed by atoms with Crippen molar-refractivity contribution in [3.8, 4) is 0 Å². The molecule has 1 spiro atoms. The van der Waals surface area contributed by atoms with Crippen molar-refractivity contribution in [3.05, 3.63) is 35.9 Å². The molecule has 1 aliphatic heterocycles. The molecule has 0 amide bonds. The quantitative estimate of drug-likeness (QED) is 0.845. The predicted octanol–water partition coefficient (Wildman–Crippen LogP) is 3.84. The van der Waals surface area contributed by atoms with Gasteiger partial charge in [-0.3, -0.25) is 4.79 Å². The second-order valence-corrected chi connectivity index (χ2v) is 6.77. The van der Waals surface area contributed by atoms with Gasteiger partial charge in [0.15, 0.2) is 5.60 Å². The number of carbonyl (C=O) groups excluding carboxylic acids is 1. The van der Waals surface area contributed by atoms with Crippen LogP contribution in [0.25, 0.3) is 0 Å². The number of oxime groups is 1. The molecule has 1 aromatic carbocycles. The van der Waals surface area contributed by atoms with E-state index in [0.29, 0.717) is 11.7 Å². The lowest BCUT2D eigenvalue weighted by atomic mass is 9.83. The maximum Gasteiger partial charge on any atom is 0.150 e. The van der Waals surface area contributed by atoms with Crippen LogP contribution in [0.3, 0.4) is 0 Å². The highest BCUT2D eigenvalue weighted by molar-refractivity contribution is 5.92. The summed E-state index contributed by atoms with van der Waals surface area (Å²) >= 11 is 0. The average Bonchev–Trinajstić information content (AvgIpc) is 3.07. The van der Waals surface area contributed by atoms with Gasteiger partial charge in [-0.15, -0.1) is 0 Å². The molecule has 3 nitrogen and oxygen atoms in total. The summed E-state index contributed by atoms with van der Waals surface area (Å²) in [6.07, 6.45) is 6.84. The van der Waals surface area contributed by atoms with Crippen LogP contribution in [0.1, 0.15) is 56.4 Å². The smallest absolute Gasteiger partial charge is 0.150 e. The Labute approximate surface area is 125 Å². The Bertz CT molecular complexity index is 580. The first-order valence-electron chi connectivity index (χ1n) is 8.08. The molecule has 2 unspecified atom stereocenters. The minimum atomic E-state index is -0.0889. The number of rotatable bonds is 3. The summed E-state index contributed by atoms with van der Waals surface area (Å²) in [5, 5.41) is 4.32. The van der Waals surface area contributed by atoms with E-state index in [1.54, 1.807) is 0 Å². The lowest BCUT2D eigenvalue weighted by molar-refractivity contribution is -0.124. The zero-order valence-corrected chi connectivity index (χ0v) is 12.3. The predicted molar refractivity (Wildman–Crippen MR) is 81.3 cm³/mol. The molecule has 2 saturated carbocycles. The summed E-state index contributed by atoms with van der Waals surface area (Å²) in [6.45, 7) is 0. The SMILES string of the molecule is O=C1CCCCC1CC1=NO[C@]2(C1)CC2c1ccccc1. The minimum absolute atomic E-state index is 0.0889. The fourth-order valence-corrected chi connectivity index (χ4v) is 3.92. The van der Waals surface area contributed by atoms with E-state index in [-0.39, 0.29) is 11.5 Å². The average molecular weight is 283 g/mol.